The highest BCUT2D eigenvalue weighted by Crippen LogP contribution is 2.10. The number of anilines is 1. The van der Waals surface area contributed by atoms with Crippen molar-refractivity contribution >= 4 is 27.5 Å². The molecular formula is C11H11BrN4O. The molecule has 88 valence electrons. The van der Waals surface area contributed by atoms with Gasteiger partial charge in [-0.25, -0.2) is 4.98 Å². The van der Waals surface area contributed by atoms with Gasteiger partial charge in [-0.05, 0) is 34.1 Å². The number of aromatic nitrogens is 3. The van der Waals surface area contributed by atoms with Gasteiger partial charge in [-0.3, -0.25) is 9.48 Å². The Morgan fingerprint density at radius 2 is 2.35 bits per heavy atom. The molecule has 0 bridgehead atoms. The van der Waals surface area contributed by atoms with E-state index in [9.17, 15) is 4.79 Å². The lowest BCUT2D eigenvalue weighted by Crippen LogP contribution is -2.14. The van der Waals surface area contributed by atoms with Crippen molar-refractivity contribution in [2.75, 3.05) is 5.32 Å². The number of aryl methyl sites for hydroxylation is 1. The predicted molar refractivity (Wildman–Crippen MR) is 67.4 cm³/mol. The lowest BCUT2D eigenvalue weighted by atomic mass is 10.3. The highest BCUT2D eigenvalue weighted by Gasteiger charge is 2.03. The molecule has 17 heavy (non-hydrogen) atoms. The van der Waals surface area contributed by atoms with E-state index in [2.05, 4.69) is 31.3 Å². The van der Waals surface area contributed by atoms with E-state index in [1.165, 1.54) is 0 Å². The van der Waals surface area contributed by atoms with Gasteiger partial charge in [0.15, 0.2) is 0 Å². The molecule has 0 atom stereocenters. The number of carbonyl (C=O) groups is 1. The molecule has 2 aromatic rings. The van der Waals surface area contributed by atoms with Crippen molar-refractivity contribution in [1.82, 2.24) is 14.8 Å². The maximum Gasteiger partial charge on any atom is 0.226 e. The van der Waals surface area contributed by atoms with E-state index in [4.69, 9.17) is 0 Å². The zero-order valence-corrected chi connectivity index (χ0v) is 10.6. The van der Waals surface area contributed by atoms with Crippen LogP contribution in [0.5, 0.6) is 0 Å². The molecule has 0 unspecified atom stereocenters. The van der Waals surface area contributed by atoms with Crippen LogP contribution in [0.2, 0.25) is 0 Å². The highest BCUT2D eigenvalue weighted by molar-refractivity contribution is 9.10. The summed E-state index contributed by atoms with van der Waals surface area (Å²) in [7, 11) is 0. The van der Waals surface area contributed by atoms with Gasteiger partial charge in [0.1, 0.15) is 4.60 Å². The summed E-state index contributed by atoms with van der Waals surface area (Å²) in [6, 6.07) is 5.41. The number of amides is 1. The topological polar surface area (TPSA) is 59.8 Å². The molecule has 0 saturated carbocycles. The molecule has 2 aromatic heterocycles. The molecule has 0 saturated heterocycles. The molecular weight excluding hydrogens is 284 g/mol. The third-order valence-corrected chi connectivity index (χ3v) is 2.61. The average molecular weight is 295 g/mol. The van der Waals surface area contributed by atoms with Crippen molar-refractivity contribution in [2.24, 2.45) is 0 Å². The molecule has 0 aliphatic heterocycles. The minimum atomic E-state index is -0.0513. The van der Waals surface area contributed by atoms with Crippen LogP contribution in [-0.2, 0) is 11.3 Å². The van der Waals surface area contributed by atoms with Gasteiger partial charge < -0.3 is 5.32 Å². The molecule has 1 N–H and O–H groups in total. The second-order valence-corrected chi connectivity index (χ2v) is 4.25. The first kappa shape index (κ1) is 11.8. The summed E-state index contributed by atoms with van der Waals surface area (Å²) in [6.07, 6.45) is 5.51. The van der Waals surface area contributed by atoms with Crippen LogP contribution in [-0.4, -0.2) is 20.7 Å². The number of nitrogens with zero attached hydrogens (tertiary/aromatic N) is 3. The summed E-state index contributed by atoms with van der Waals surface area (Å²) in [5.41, 5.74) is 0.693. The smallest absolute Gasteiger partial charge is 0.226 e. The Morgan fingerprint density at radius 3 is 3.00 bits per heavy atom. The molecule has 0 aliphatic rings. The largest absolute Gasteiger partial charge is 0.325 e. The number of halogens is 1. The van der Waals surface area contributed by atoms with Crippen LogP contribution < -0.4 is 5.32 Å². The third-order valence-electron chi connectivity index (χ3n) is 2.14. The number of hydrogen-bond acceptors (Lipinski definition) is 3. The van der Waals surface area contributed by atoms with E-state index in [-0.39, 0.29) is 5.91 Å². The number of hydrogen-bond donors (Lipinski definition) is 1. The summed E-state index contributed by atoms with van der Waals surface area (Å²) < 4.78 is 2.46. The fourth-order valence-corrected chi connectivity index (χ4v) is 1.56. The van der Waals surface area contributed by atoms with Crippen molar-refractivity contribution in [3.05, 3.63) is 41.4 Å². The van der Waals surface area contributed by atoms with Crippen molar-refractivity contribution in [3.8, 4) is 0 Å². The summed E-state index contributed by atoms with van der Waals surface area (Å²) in [5, 5.41) is 6.79. The van der Waals surface area contributed by atoms with Gasteiger partial charge >= 0.3 is 0 Å². The maximum absolute atomic E-state index is 11.6. The standard InChI is InChI=1S/C11H11BrN4O/c12-10-3-2-9(8-13-10)15-11(17)4-7-16-6-1-5-14-16/h1-3,5-6,8H,4,7H2,(H,15,17). The molecule has 0 aliphatic carbocycles. The Bertz CT molecular complexity index is 481. The minimum Gasteiger partial charge on any atom is -0.325 e. The molecule has 0 radical (unpaired) electrons. The first-order valence-electron chi connectivity index (χ1n) is 5.13. The zero-order chi connectivity index (χ0) is 12.1. The van der Waals surface area contributed by atoms with Gasteiger partial charge in [0.05, 0.1) is 11.9 Å². The summed E-state index contributed by atoms with van der Waals surface area (Å²) in [5.74, 6) is -0.0513. The van der Waals surface area contributed by atoms with Crippen LogP contribution >= 0.6 is 15.9 Å². The van der Waals surface area contributed by atoms with Gasteiger partial charge in [0.2, 0.25) is 5.91 Å². The first-order valence-corrected chi connectivity index (χ1v) is 5.92. The van der Waals surface area contributed by atoms with Crippen LogP contribution in [0, 0.1) is 0 Å². The predicted octanol–water partition coefficient (Wildman–Crippen LogP) is 2.07. The Hall–Kier alpha value is -1.69. The third kappa shape index (κ3) is 3.67. The van der Waals surface area contributed by atoms with Crippen LogP contribution in [0.25, 0.3) is 0 Å². The van der Waals surface area contributed by atoms with Gasteiger partial charge in [-0.15, -0.1) is 0 Å². The fraction of sp³-hybridized carbons (Fsp3) is 0.182. The van der Waals surface area contributed by atoms with Crippen molar-refractivity contribution in [3.63, 3.8) is 0 Å². The van der Waals surface area contributed by atoms with Gasteiger partial charge in [-0.1, -0.05) is 0 Å². The monoisotopic (exact) mass is 294 g/mol. The number of nitrogens with one attached hydrogen (secondary N) is 1. The van der Waals surface area contributed by atoms with E-state index >= 15 is 0 Å². The molecule has 0 fully saturated rings. The van der Waals surface area contributed by atoms with Crippen LogP contribution in [0.3, 0.4) is 0 Å². The van der Waals surface area contributed by atoms with Crippen molar-refractivity contribution in [1.29, 1.82) is 0 Å². The molecule has 0 spiro atoms. The minimum absolute atomic E-state index is 0.0513. The lowest BCUT2D eigenvalue weighted by molar-refractivity contribution is -0.116. The van der Waals surface area contributed by atoms with Crippen LogP contribution in [0.4, 0.5) is 5.69 Å². The Kier molecular flexibility index (Phi) is 3.87. The van der Waals surface area contributed by atoms with E-state index in [1.54, 1.807) is 29.2 Å². The molecule has 0 aromatic carbocycles. The van der Waals surface area contributed by atoms with Crippen molar-refractivity contribution in [2.45, 2.75) is 13.0 Å². The fourth-order valence-electron chi connectivity index (χ4n) is 1.32. The van der Waals surface area contributed by atoms with Gasteiger partial charge in [-0.2, -0.15) is 5.10 Å². The van der Waals surface area contributed by atoms with Gasteiger partial charge in [0.25, 0.3) is 0 Å². The lowest BCUT2D eigenvalue weighted by Gasteiger charge is -2.04. The summed E-state index contributed by atoms with van der Waals surface area (Å²) in [6.45, 7) is 0.572. The molecule has 6 heteroatoms. The number of carbonyl (C=O) groups excluding carboxylic acids is 1. The molecule has 2 rings (SSSR count). The second-order valence-electron chi connectivity index (χ2n) is 3.44. The second kappa shape index (κ2) is 5.58. The Balaban J connectivity index is 1.83. The summed E-state index contributed by atoms with van der Waals surface area (Å²) in [4.78, 5) is 15.6. The SMILES string of the molecule is O=C(CCn1cccn1)Nc1ccc(Br)nc1. The number of rotatable bonds is 4. The zero-order valence-electron chi connectivity index (χ0n) is 9.01. The van der Waals surface area contributed by atoms with Crippen LogP contribution in [0.1, 0.15) is 6.42 Å². The van der Waals surface area contributed by atoms with E-state index in [1.807, 2.05) is 12.3 Å². The van der Waals surface area contributed by atoms with Crippen molar-refractivity contribution < 1.29 is 4.79 Å². The highest BCUT2D eigenvalue weighted by atomic mass is 79.9. The van der Waals surface area contributed by atoms with E-state index < -0.39 is 0 Å². The van der Waals surface area contributed by atoms with E-state index in [0.29, 0.717) is 18.7 Å². The summed E-state index contributed by atoms with van der Waals surface area (Å²) >= 11 is 3.23. The van der Waals surface area contributed by atoms with Gasteiger partial charge in [0, 0.05) is 25.4 Å². The molecule has 1 amide bonds. The maximum atomic E-state index is 11.6. The average Bonchev–Trinajstić information content (AvgIpc) is 2.83. The quantitative estimate of drug-likeness (QED) is 0.878. The normalized spacial score (nSPS) is 10.2. The van der Waals surface area contributed by atoms with Crippen LogP contribution in [0.15, 0.2) is 41.4 Å². The first-order chi connectivity index (χ1) is 8.24. The Labute approximate surface area is 107 Å². The van der Waals surface area contributed by atoms with E-state index in [0.717, 1.165) is 4.60 Å². The molecule has 5 nitrogen and oxygen atoms in total. The number of pyridine rings is 1. The Morgan fingerprint density at radius 1 is 1.47 bits per heavy atom. The molecule has 2 heterocycles.